The van der Waals surface area contributed by atoms with Gasteiger partial charge in [0.25, 0.3) is 0 Å². The molecular formula is C22H14Cl2N2O4. The molecule has 0 fully saturated rings. The third kappa shape index (κ3) is 3.79. The summed E-state index contributed by atoms with van der Waals surface area (Å²) in [5, 5.41) is 0.878. The summed E-state index contributed by atoms with van der Waals surface area (Å²) in [5.41, 5.74) is 2.80. The fraction of sp³-hybridized carbons (Fsp3) is 0.0909. The van der Waals surface area contributed by atoms with Crippen molar-refractivity contribution >= 4 is 47.0 Å². The van der Waals surface area contributed by atoms with Crippen LogP contribution in [0.2, 0.25) is 10.0 Å². The van der Waals surface area contributed by atoms with Crippen LogP contribution in [-0.2, 0) is 0 Å². The number of aliphatic imine (C=N–C) groups is 2. The van der Waals surface area contributed by atoms with Crippen molar-refractivity contribution in [2.45, 2.75) is 0 Å². The van der Waals surface area contributed by atoms with Crippen LogP contribution in [0.5, 0.6) is 23.0 Å². The first-order valence-corrected chi connectivity index (χ1v) is 9.78. The predicted molar refractivity (Wildman–Crippen MR) is 116 cm³/mol. The summed E-state index contributed by atoms with van der Waals surface area (Å²) < 4.78 is 21.4. The lowest BCUT2D eigenvalue weighted by Crippen LogP contribution is -1.92. The standard InChI is InChI=1S/C22H14Cl2N2O4/c23-15-8-18(26-10-14-2-4-20-22(6-14)30-12-28-20)16(24)7-17(15)25-9-13-1-3-19-21(5-13)29-11-27-19/h1-10H,11-12H2. The zero-order chi connectivity index (χ0) is 20.5. The molecule has 0 saturated heterocycles. The molecular weight excluding hydrogens is 427 g/mol. The van der Waals surface area contributed by atoms with Gasteiger partial charge in [-0.05, 0) is 59.7 Å². The van der Waals surface area contributed by atoms with Crippen LogP contribution in [0.25, 0.3) is 0 Å². The lowest BCUT2D eigenvalue weighted by atomic mass is 10.2. The average molecular weight is 441 g/mol. The van der Waals surface area contributed by atoms with Gasteiger partial charge in [0.15, 0.2) is 23.0 Å². The molecule has 0 aromatic heterocycles. The first-order chi connectivity index (χ1) is 14.7. The zero-order valence-corrected chi connectivity index (χ0v) is 17.0. The van der Waals surface area contributed by atoms with Crippen molar-refractivity contribution in [1.82, 2.24) is 0 Å². The SMILES string of the molecule is Clc1cc(N=Cc2ccc3c(c2)OCO3)c(Cl)cc1N=Cc1ccc2c(c1)OCO2. The second-order valence-corrected chi connectivity index (χ2v) is 7.31. The summed E-state index contributed by atoms with van der Waals surface area (Å²) in [5.74, 6) is 2.82. The van der Waals surface area contributed by atoms with Gasteiger partial charge in [-0.25, -0.2) is 0 Å². The highest BCUT2D eigenvalue weighted by Crippen LogP contribution is 2.37. The molecule has 0 bridgehead atoms. The normalized spacial score (nSPS) is 14.2. The quantitative estimate of drug-likeness (QED) is 0.470. The van der Waals surface area contributed by atoms with Crippen molar-refractivity contribution in [3.63, 3.8) is 0 Å². The number of hydrogen-bond donors (Lipinski definition) is 0. The Hall–Kier alpha value is -3.22. The Morgan fingerprint density at radius 3 is 1.50 bits per heavy atom. The molecule has 0 atom stereocenters. The second-order valence-electron chi connectivity index (χ2n) is 6.50. The second kappa shape index (κ2) is 7.89. The Labute approximate surface area is 182 Å². The van der Waals surface area contributed by atoms with Crippen molar-refractivity contribution in [3.05, 3.63) is 69.7 Å². The number of benzene rings is 3. The third-order valence-corrected chi connectivity index (χ3v) is 5.12. The molecule has 3 aromatic rings. The maximum Gasteiger partial charge on any atom is 0.231 e. The van der Waals surface area contributed by atoms with E-state index in [0.29, 0.717) is 32.9 Å². The maximum absolute atomic E-state index is 6.39. The molecule has 6 nitrogen and oxygen atoms in total. The van der Waals surface area contributed by atoms with Gasteiger partial charge in [0.1, 0.15) is 0 Å². The van der Waals surface area contributed by atoms with E-state index in [1.54, 1.807) is 24.6 Å². The molecule has 0 N–H and O–H groups in total. The van der Waals surface area contributed by atoms with Crippen molar-refractivity contribution < 1.29 is 18.9 Å². The molecule has 0 saturated carbocycles. The molecule has 2 aliphatic rings. The summed E-state index contributed by atoms with van der Waals surface area (Å²) in [6.07, 6.45) is 3.38. The smallest absolute Gasteiger partial charge is 0.231 e. The third-order valence-electron chi connectivity index (χ3n) is 4.51. The highest BCUT2D eigenvalue weighted by Gasteiger charge is 2.14. The molecule has 2 heterocycles. The van der Waals surface area contributed by atoms with Crippen molar-refractivity contribution in [3.8, 4) is 23.0 Å². The van der Waals surface area contributed by atoms with Crippen LogP contribution >= 0.6 is 23.2 Å². The fourth-order valence-corrected chi connectivity index (χ4v) is 3.41. The minimum Gasteiger partial charge on any atom is -0.454 e. The van der Waals surface area contributed by atoms with Crippen molar-refractivity contribution in [1.29, 1.82) is 0 Å². The Kier molecular flexibility index (Phi) is 4.94. The molecule has 8 heteroatoms. The minimum atomic E-state index is 0.228. The molecule has 5 rings (SSSR count). The fourth-order valence-electron chi connectivity index (χ4n) is 3.00. The summed E-state index contributed by atoms with van der Waals surface area (Å²) in [6, 6.07) is 14.5. The molecule has 2 aliphatic heterocycles. The number of hydrogen-bond acceptors (Lipinski definition) is 6. The van der Waals surface area contributed by atoms with Gasteiger partial charge < -0.3 is 18.9 Å². The highest BCUT2D eigenvalue weighted by atomic mass is 35.5. The van der Waals surface area contributed by atoms with Gasteiger partial charge in [-0.3, -0.25) is 9.98 Å². The van der Waals surface area contributed by atoms with Crippen LogP contribution < -0.4 is 18.9 Å². The van der Waals surface area contributed by atoms with E-state index in [9.17, 15) is 0 Å². The predicted octanol–water partition coefficient (Wildman–Crippen LogP) is 5.95. The molecule has 0 unspecified atom stereocenters. The van der Waals surface area contributed by atoms with Gasteiger partial charge in [0.05, 0.1) is 21.4 Å². The zero-order valence-electron chi connectivity index (χ0n) is 15.5. The van der Waals surface area contributed by atoms with Crippen LogP contribution in [-0.4, -0.2) is 26.0 Å². The van der Waals surface area contributed by atoms with Crippen LogP contribution in [0.3, 0.4) is 0 Å². The number of nitrogens with zero attached hydrogens (tertiary/aromatic N) is 2. The van der Waals surface area contributed by atoms with Crippen LogP contribution in [0.1, 0.15) is 11.1 Å². The number of ether oxygens (including phenoxy) is 4. The summed E-state index contributed by atoms with van der Waals surface area (Å²) in [6.45, 7) is 0.456. The molecule has 0 amide bonds. The molecule has 0 aliphatic carbocycles. The van der Waals surface area contributed by atoms with Crippen LogP contribution in [0, 0.1) is 0 Å². The van der Waals surface area contributed by atoms with E-state index < -0.39 is 0 Å². The molecule has 150 valence electrons. The highest BCUT2D eigenvalue weighted by molar-refractivity contribution is 6.37. The monoisotopic (exact) mass is 440 g/mol. The van der Waals surface area contributed by atoms with Gasteiger partial charge in [0, 0.05) is 12.4 Å². The van der Waals surface area contributed by atoms with E-state index in [2.05, 4.69) is 9.98 Å². The molecule has 0 radical (unpaired) electrons. The van der Waals surface area contributed by atoms with E-state index in [4.69, 9.17) is 42.1 Å². The number of halogens is 2. The lowest BCUT2D eigenvalue weighted by Gasteiger charge is -2.04. The lowest BCUT2D eigenvalue weighted by molar-refractivity contribution is 0.173. The van der Waals surface area contributed by atoms with Gasteiger partial charge in [-0.15, -0.1) is 0 Å². The van der Waals surface area contributed by atoms with E-state index >= 15 is 0 Å². The Morgan fingerprint density at radius 2 is 1.03 bits per heavy atom. The topological polar surface area (TPSA) is 61.6 Å². The first-order valence-electron chi connectivity index (χ1n) is 9.02. The molecule has 30 heavy (non-hydrogen) atoms. The molecule has 3 aromatic carbocycles. The maximum atomic E-state index is 6.39. The summed E-state index contributed by atoms with van der Waals surface area (Å²) in [7, 11) is 0. The van der Waals surface area contributed by atoms with E-state index in [0.717, 1.165) is 22.6 Å². The Balaban J connectivity index is 1.35. The average Bonchev–Trinajstić information content (AvgIpc) is 3.41. The van der Waals surface area contributed by atoms with Crippen LogP contribution in [0.4, 0.5) is 11.4 Å². The summed E-state index contributed by atoms with van der Waals surface area (Å²) in [4.78, 5) is 8.88. The first kappa shape index (κ1) is 18.8. The Morgan fingerprint density at radius 1 is 0.600 bits per heavy atom. The molecule has 0 spiro atoms. The minimum absolute atomic E-state index is 0.228. The van der Waals surface area contributed by atoms with Gasteiger partial charge >= 0.3 is 0 Å². The van der Waals surface area contributed by atoms with Crippen molar-refractivity contribution in [2.75, 3.05) is 13.6 Å². The van der Waals surface area contributed by atoms with Crippen molar-refractivity contribution in [2.24, 2.45) is 9.98 Å². The van der Waals surface area contributed by atoms with Gasteiger partial charge in [-0.1, -0.05) is 23.2 Å². The largest absolute Gasteiger partial charge is 0.454 e. The van der Waals surface area contributed by atoms with E-state index in [1.165, 1.54) is 0 Å². The van der Waals surface area contributed by atoms with Gasteiger partial charge in [-0.2, -0.15) is 0 Å². The Bertz CT molecular complexity index is 1100. The van der Waals surface area contributed by atoms with E-state index in [1.807, 2.05) is 36.4 Å². The van der Waals surface area contributed by atoms with E-state index in [-0.39, 0.29) is 13.6 Å². The number of fused-ring (bicyclic) bond motifs is 2. The van der Waals surface area contributed by atoms with Gasteiger partial charge in [0.2, 0.25) is 13.6 Å². The number of rotatable bonds is 4. The van der Waals surface area contributed by atoms with Crippen LogP contribution in [0.15, 0.2) is 58.5 Å². The summed E-state index contributed by atoms with van der Waals surface area (Å²) >= 11 is 12.8.